The van der Waals surface area contributed by atoms with E-state index in [2.05, 4.69) is 0 Å². The van der Waals surface area contributed by atoms with Gasteiger partial charge in [0, 0.05) is 15.6 Å². The third kappa shape index (κ3) is 3.04. The fraction of sp³-hybridized carbons (Fsp3) is 0.261. The molecule has 30 heavy (non-hydrogen) atoms. The van der Waals surface area contributed by atoms with Crippen LogP contribution in [0.3, 0.4) is 0 Å². The molecule has 3 aliphatic rings. The summed E-state index contributed by atoms with van der Waals surface area (Å²) in [4.78, 5) is 40.0. The summed E-state index contributed by atoms with van der Waals surface area (Å²) in [6.45, 7) is 0.0817. The maximum absolute atomic E-state index is 13.4. The van der Waals surface area contributed by atoms with E-state index in [4.69, 9.17) is 23.2 Å². The van der Waals surface area contributed by atoms with Crippen molar-refractivity contribution in [1.29, 1.82) is 0 Å². The molecule has 2 bridgehead atoms. The van der Waals surface area contributed by atoms with Gasteiger partial charge in [0.05, 0.1) is 18.4 Å². The average molecular weight is 441 g/mol. The SMILES string of the molecule is O=C(c1ccc(Cl)cc1)N(Cc1ccc(Cl)cc1)N1C(=O)[C@H]2[C@H](C1=O)[C@H]1C=C[C@H]2C1. The molecule has 2 aliphatic carbocycles. The van der Waals surface area contributed by atoms with Gasteiger partial charge in [-0.3, -0.25) is 14.4 Å². The summed E-state index contributed by atoms with van der Waals surface area (Å²) in [5, 5.41) is 3.41. The topological polar surface area (TPSA) is 57.7 Å². The van der Waals surface area contributed by atoms with E-state index in [1.165, 1.54) is 5.01 Å². The second kappa shape index (κ2) is 7.25. The van der Waals surface area contributed by atoms with Crippen molar-refractivity contribution < 1.29 is 14.4 Å². The molecule has 0 radical (unpaired) electrons. The molecular weight excluding hydrogens is 423 g/mol. The number of hydrogen-bond acceptors (Lipinski definition) is 3. The summed E-state index contributed by atoms with van der Waals surface area (Å²) in [5.41, 5.74) is 1.12. The van der Waals surface area contributed by atoms with E-state index in [-0.39, 0.29) is 42.0 Å². The number of halogens is 2. The Morgan fingerprint density at radius 2 is 1.37 bits per heavy atom. The second-order valence-corrected chi connectivity index (χ2v) is 8.86. The first-order valence-electron chi connectivity index (χ1n) is 9.82. The second-order valence-electron chi connectivity index (χ2n) is 7.98. The summed E-state index contributed by atoms with van der Waals surface area (Å²) in [6, 6.07) is 13.4. The Labute approximate surface area is 183 Å². The van der Waals surface area contributed by atoms with Gasteiger partial charge in [-0.2, -0.15) is 5.01 Å². The van der Waals surface area contributed by atoms with Crippen LogP contribution in [-0.4, -0.2) is 27.7 Å². The van der Waals surface area contributed by atoms with Crippen molar-refractivity contribution in [1.82, 2.24) is 10.0 Å². The van der Waals surface area contributed by atoms with Crippen LogP contribution < -0.4 is 0 Å². The summed E-state index contributed by atoms with van der Waals surface area (Å²) < 4.78 is 0. The van der Waals surface area contributed by atoms with Crippen LogP contribution in [0, 0.1) is 23.7 Å². The van der Waals surface area contributed by atoms with Crippen molar-refractivity contribution in [3.8, 4) is 0 Å². The van der Waals surface area contributed by atoms with Crippen LogP contribution in [0.25, 0.3) is 0 Å². The Balaban J connectivity index is 1.51. The Bertz CT molecular complexity index is 1030. The molecule has 2 aromatic rings. The smallest absolute Gasteiger partial charge is 0.272 e. The molecule has 2 fully saturated rings. The quantitative estimate of drug-likeness (QED) is 0.524. The van der Waals surface area contributed by atoms with Crippen LogP contribution in [0.5, 0.6) is 0 Å². The van der Waals surface area contributed by atoms with Gasteiger partial charge in [-0.15, -0.1) is 0 Å². The van der Waals surface area contributed by atoms with E-state index >= 15 is 0 Å². The molecule has 5 rings (SSSR count). The number of carbonyl (C=O) groups is 3. The molecule has 1 saturated heterocycles. The zero-order valence-corrected chi connectivity index (χ0v) is 17.4. The molecule has 7 heteroatoms. The number of carbonyl (C=O) groups excluding carboxylic acids is 3. The van der Waals surface area contributed by atoms with Gasteiger partial charge >= 0.3 is 0 Å². The van der Waals surface area contributed by atoms with E-state index in [9.17, 15) is 14.4 Å². The van der Waals surface area contributed by atoms with Crippen molar-refractivity contribution in [2.75, 3.05) is 0 Å². The number of fused-ring (bicyclic) bond motifs is 5. The lowest BCUT2D eigenvalue weighted by Crippen LogP contribution is -2.50. The summed E-state index contributed by atoms with van der Waals surface area (Å²) in [5.74, 6) is -1.62. The van der Waals surface area contributed by atoms with Crippen molar-refractivity contribution in [2.24, 2.45) is 23.7 Å². The highest BCUT2D eigenvalue weighted by molar-refractivity contribution is 6.30. The van der Waals surface area contributed by atoms with Crippen LogP contribution in [0.15, 0.2) is 60.7 Å². The van der Waals surface area contributed by atoms with Gasteiger partial charge in [-0.25, -0.2) is 5.01 Å². The van der Waals surface area contributed by atoms with Crippen molar-refractivity contribution in [3.63, 3.8) is 0 Å². The lowest BCUT2D eigenvalue weighted by atomic mass is 9.85. The first-order chi connectivity index (χ1) is 14.4. The highest BCUT2D eigenvalue weighted by Crippen LogP contribution is 2.52. The van der Waals surface area contributed by atoms with E-state index < -0.39 is 5.91 Å². The predicted octanol–water partition coefficient (Wildman–Crippen LogP) is 4.36. The molecule has 0 spiro atoms. The minimum absolute atomic E-state index is 0.0736. The van der Waals surface area contributed by atoms with Gasteiger partial charge in [0.1, 0.15) is 0 Å². The molecular formula is C23H18Cl2N2O3. The lowest BCUT2D eigenvalue weighted by Gasteiger charge is -2.31. The maximum atomic E-state index is 13.4. The third-order valence-corrected chi connectivity index (χ3v) is 6.76. The van der Waals surface area contributed by atoms with Crippen LogP contribution in [0.2, 0.25) is 10.0 Å². The van der Waals surface area contributed by atoms with E-state index in [1.54, 1.807) is 48.5 Å². The van der Waals surface area contributed by atoms with Crippen LogP contribution in [0.1, 0.15) is 22.3 Å². The number of hydrogen-bond donors (Lipinski definition) is 0. The minimum Gasteiger partial charge on any atom is -0.272 e. The highest BCUT2D eigenvalue weighted by atomic mass is 35.5. The predicted molar refractivity (Wildman–Crippen MR) is 112 cm³/mol. The van der Waals surface area contributed by atoms with Gasteiger partial charge in [-0.05, 0) is 60.2 Å². The maximum Gasteiger partial charge on any atom is 0.273 e. The molecule has 0 aromatic heterocycles. The van der Waals surface area contributed by atoms with E-state index in [0.29, 0.717) is 15.6 Å². The lowest BCUT2D eigenvalue weighted by molar-refractivity contribution is -0.156. The molecule has 1 saturated carbocycles. The molecule has 152 valence electrons. The fourth-order valence-electron chi connectivity index (χ4n) is 4.86. The summed E-state index contributed by atoms with van der Waals surface area (Å²) >= 11 is 11.9. The molecule has 4 atom stereocenters. The normalized spacial score (nSPS) is 26.4. The molecule has 3 amide bonds. The Kier molecular flexibility index (Phi) is 4.68. The van der Waals surface area contributed by atoms with E-state index in [0.717, 1.165) is 17.0 Å². The highest BCUT2D eigenvalue weighted by Gasteiger charge is 2.61. The van der Waals surface area contributed by atoms with Crippen LogP contribution >= 0.6 is 23.2 Å². The van der Waals surface area contributed by atoms with Crippen molar-refractivity contribution in [2.45, 2.75) is 13.0 Å². The Hall–Kier alpha value is -2.63. The number of imide groups is 1. The number of rotatable bonds is 4. The van der Waals surface area contributed by atoms with Gasteiger partial charge in [0.2, 0.25) is 0 Å². The Morgan fingerprint density at radius 1 is 0.867 bits per heavy atom. The molecule has 2 aromatic carbocycles. The van der Waals surface area contributed by atoms with Gasteiger partial charge in [0.15, 0.2) is 0 Å². The average Bonchev–Trinajstić information content (AvgIpc) is 3.42. The fourth-order valence-corrected chi connectivity index (χ4v) is 5.11. The molecule has 5 nitrogen and oxygen atoms in total. The zero-order valence-electron chi connectivity index (χ0n) is 15.9. The van der Waals surface area contributed by atoms with Gasteiger partial charge in [-0.1, -0.05) is 47.5 Å². The standard InChI is InChI=1S/C23H18Cl2N2O3/c24-17-7-1-13(2-8-17)12-26(21(28)14-5-9-18(25)10-6-14)27-22(29)19-15-3-4-16(11-15)20(19)23(27)30/h1-10,15-16,19-20H,11-12H2/t15-,16-,19+,20+/m0/s1. The minimum atomic E-state index is -0.427. The van der Waals surface area contributed by atoms with Gasteiger partial charge < -0.3 is 0 Å². The molecule has 1 aliphatic heterocycles. The zero-order chi connectivity index (χ0) is 21.0. The summed E-state index contributed by atoms with van der Waals surface area (Å²) in [6.07, 6.45) is 4.90. The monoisotopic (exact) mass is 440 g/mol. The summed E-state index contributed by atoms with van der Waals surface area (Å²) in [7, 11) is 0. The first-order valence-corrected chi connectivity index (χ1v) is 10.6. The van der Waals surface area contributed by atoms with Crippen molar-refractivity contribution >= 4 is 40.9 Å². The first kappa shape index (κ1) is 19.3. The Morgan fingerprint density at radius 3 is 1.90 bits per heavy atom. The van der Waals surface area contributed by atoms with Gasteiger partial charge in [0.25, 0.3) is 17.7 Å². The largest absolute Gasteiger partial charge is 0.273 e. The van der Waals surface area contributed by atoms with Crippen LogP contribution in [0.4, 0.5) is 0 Å². The number of allylic oxidation sites excluding steroid dienone is 2. The molecule has 1 heterocycles. The number of hydrazine groups is 1. The molecule has 0 N–H and O–H groups in total. The third-order valence-electron chi connectivity index (χ3n) is 6.26. The molecule has 0 unspecified atom stereocenters. The number of benzene rings is 2. The van der Waals surface area contributed by atoms with E-state index in [1.807, 2.05) is 12.2 Å². The number of amides is 3. The number of nitrogens with zero attached hydrogens (tertiary/aromatic N) is 2. The van der Waals surface area contributed by atoms with Crippen LogP contribution in [-0.2, 0) is 16.1 Å². The van der Waals surface area contributed by atoms with Crippen molar-refractivity contribution in [3.05, 3.63) is 81.9 Å².